The van der Waals surface area contributed by atoms with Gasteiger partial charge < -0.3 is 10.2 Å². The number of hydrogen-bond donors (Lipinski definition) is 1. The Morgan fingerprint density at radius 1 is 1.03 bits per heavy atom. The number of carbonyl (C=O) groups is 2. The van der Waals surface area contributed by atoms with Gasteiger partial charge in [-0.15, -0.1) is 0 Å². The first kappa shape index (κ1) is 24.5. The third-order valence-corrected chi connectivity index (χ3v) is 7.48. The molecule has 0 bridgehead atoms. The van der Waals surface area contributed by atoms with Crippen LogP contribution in [-0.4, -0.2) is 48.3 Å². The Balaban J connectivity index is 1.69. The summed E-state index contributed by atoms with van der Waals surface area (Å²) < 4.78 is 61.8. The van der Waals surface area contributed by atoms with Crippen LogP contribution in [-0.2, 0) is 21.2 Å². The lowest BCUT2D eigenvalue weighted by atomic mass is 10.0. The minimum absolute atomic E-state index is 0.0336. The number of alkyl halides is 3. The van der Waals surface area contributed by atoms with Gasteiger partial charge in [-0.05, 0) is 67.9 Å². The van der Waals surface area contributed by atoms with Crippen LogP contribution in [0.1, 0.15) is 19.4 Å². The molecule has 1 N–H and O–H groups in total. The van der Waals surface area contributed by atoms with Crippen LogP contribution >= 0.6 is 0 Å². The second kappa shape index (κ2) is 8.22. The molecule has 0 saturated carbocycles. The summed E-state index contributed by atoms with van der Waals surface area (Å²) in [7, 11) is -3.78. The minimum atomic E-state index is -5.55. The van der Waals surface area contributed by atoms with Crippen LogP contribution in [0.2, 0.25) is 0 Å². The molecule has 1 aliphatic rings. The zero-order chi connectivity index (χ0) is 25.8. The number of nitrogens with one attached hydrogen (secondary N) is 1. The van der Waals surface area contributed by atoms with Crippen molar-refractivity contribution in [3.8, 4) is 0 Å². The van der Waals surface area contributed by atoms with Crippen molar-refractivity contribution in [2.75, 3.05) is 17.3 Å². The molecular formula is C23H21F3N4O4S. The molecule has 0 atom stereocenters. The predicted molar refractivity (Wildman–Crippen MR) is 123 cm³/mol. The highest BCUT2D eigenvalue weighted by molar-refractivity contribution is 7.92. The van der Waals surface area contributed by atoms with Crippen molar-refractivity contribution >= 4 is 44.1 Å². The lowest BCUT2D eigenvalue weighted by Gasteiger charge is -2.28. The summed E-state index contributed by atoms with van der Waals surface area (Å²) in [6.07, 6.45) is 1.60. The number of imide groups is 1. The van der Waals surface area contributed by atoms with Gasteiger partial charge in [0.2, 0.25) is 0 Å². The van der Waals surface area contributed by atoms with Crippen LogP contribution in [0.3, 0.4) is 0 Å². The first-order valence-electron chi connectivity index (χ1n) is 10.4. The number of urea groups is 1. The summed E-state index contributed by atoms with van der Waals surface area (Å²) >= 11 is 0. The molecule has 12 heteroatoms. The molecule has 1 aromatic heterocycles. The largest absolute Gasteiger partial charge is 0.501 e. The standard InChI is InChI=1S/C23H21F3N4O4S/c1-22(2)20(31)30(16-5-7-17(8-6-16)35(33,34)23(24,25)26)21(32)29(22)13-14-10-11-28-19-9-4-15(27-3)12-18(14)19/h4-12,27H,13H2,1-3H3. The number of benzene rings is 2. The molecule has 1 saturated heterocycles. The second-order valence-corrected chi connectivity index (χ2v) is 10.4. The van der Waals surface area contributed by atoms with Crippen molar-refractivity contribution in [2.45, 2.75) is 36.3 Å². The van der Waals surface area contributed by atoms with Crippen molar-refractivity contribution in [3.63, 3.8) is 0 Å². The smallest absolute Gasteiger partial charge is 0.388 e. The number of aromatic nitrogens is 1. The molecule has 2 heterocycles. The number of anilines is 2. The SMILES string of the molecule is CNc1ccc2nccc(CN3C(=O)N(c4ccc(S(=O)(=O)C(F)(F)F)cc4)C(=O)C3(C)C)c2c1. The van der Waals surface area contributed by atoms with Gasteiger partial charge in [0.15, 0.2) is 0 Å². The minimum Gasteiger partial charge on any atom is -0.388 e. The highest BCUT2D eigenvalue weighted by Gasteiger charge is 2.52. The number of sulfone groups is 1. The molecule has 0 radical (unpaired) electrons. The summed E-state index contributed by atoms with van der Waals surface area (Å²) in [6.45, 7) is 3.21. The Kier molecular flexibility index (Phi) is 5.75. The molecule has 3 amide bonds. The topological polar surface area (TPSA) is 99.7 Å². The highest BCUT2D eigenvalue weighted by Crippen LogP contribution is 2.36. The van der Waals surface area contributed by atoms with Gasteiger partial charge in [0.1, 0.15) is 5.54 Å². The summed E-state index contributed by atoms with van der Waals surface area (Å²) in [5.74, 6) is -0.594. The Morgan fingerprint density at radius 3 is 2.29 bits per heavy atom. The zero-order valence-electron chi connectivity index (χ0n) is 18.9. The van der Waals surface area contributed by atoms with Crippen LogP contribution in [0, 0.1) is 0 Å². The second-order valence-electron chi connectivity index (χ2n) is 8.46. The third-order valence-electron chi connectivity index (χ3n) is 5.98. The Labute approximate surface area is 199 Å². The van der Waals surface area contributed by atoms with Gasteiger partial charge in [-0.25, -0.2) is 18.1 Å². The summed E-state index contributed by atoms with van der Waals surface area (Å²) in [6, 6.07) is 10.1. The van der Waals surface area contributed by atoms with E-state index in [0.717, 1.165) is 45.8 Å². The molecule has 2 aromatic carbocycles. The normalized spacial score (nSPS) is 16.3. The number of nitrogens with zero attached hydrogens (tertiary/aromatic N) is 3. The fourth-order valence-electron chi connectivity index (χ4n) is 3.90. The quantitative estimate of drug-likeness (QED) is 0.518. The summed E-state index contributed by atoms with van der Waals surface area (Å²) in [4.78, 5) is 32.1. The van der Waals surface area contributed by atoms with E-state index >= 15 is 0 Å². The fraction of sp³-hybridized carbons (Fsp3) is 0.261. The van der Waals surface area contributed by atoms with Gasteiger partial charge in [-0.3, -0.25) is 9.78 Å². The van der Waals surface area contributed by atoms with Crippen LogP contribution in [0.5, 0.6) is 0 Å². The number of halogens is 3. The first-order valence-corrected chi connectivity index (χ1v) is 11.9. The maximum Gasteiger partial charge on any atom is 0.501 e. The predicted octanol–water partition coefficient (Wildman–Crippen LogP) is 4.32. The fourth-order valence-corrected chi connectivity index (χ4v) is 4.67. The van der Waals surface area contributed by atoms with Gasteiger partial charge in [-0.1, -0.05) is 0 Å². The van der Waals surface area contributed by atoms with Crippen molar-refractivity contribution in [2.24, 2.45) is 0 Å². The Hall–Kier alpha value is -3.67. The van der Waals surface area contributed by atoms with Crippen LogP contribution in [0.15, 0.2) is 59.6 Å². The van der Waals surface area contributed by atoms with Gasteiger partial charge >= 0.3 is 11.5 Å². The lowest BCUT2D eigenvalue weighted by Crippen LogP contribution is -2.43. The average Bonchev–Trinajstić information content (AvgIpc) is 2.97. The molecule has 1 fully saturated rings. The number of hydrogen-bond acceptors (Lipinski definition) is 6. The van der Waals surface area contributed by atoms with E-state index in [1.807, 2.05) is 18.2 Å². The van der Waals surface area contributed by atoms with Gasteiger partial charge in [-0.2, -0.15) is 13.2 Å². The van der Waals surface area contributed by atoms with E-state index in [4.69, 9.17) is 0 Å². The lowest BCUT2D eigenvalue weighted by molar-refractivity contribution is -0.123. The maximum absolute atomic E-state index is 13.3. The van der Waals surface area contributed by atoms with E-state index in [2.05, 4.69) is 10.3 Å². The summed E-state index contributed by atoms with van der Waals surface area (Å²) in [5, 5.41) is 3.83. The van der Waals surface area contributed by atoms with Gasteiger partial charge in [0.05, 0.1) is 16.1 Å². The Morgan fingerprint density at radius 2 is 1.69 bits per heavy atom. The molecule has 184 valence electrons. The van der Waals surface area contributed by atoms with Crippen LogP contribution in [0.4, 0.5) is 29.3 Å². The van der Waals surface area contributed by atoms with Crippen molar-refractivity contribution in [3.05, 3.63) is 60.3 Å². The molecule has 4 rings (SSSR count). The van der Waals surface area contributed by atoms with E-state index in [0.29, 0.717) is 5.52 Å². The molecule has 8 nitrogen and oxygen atoms in total. The monoisotopic (exact) mass is 506 g/mol. The van der Waals surface area contributed by atoms with E-state index < -0.39 is 37.7 Å². The van der Waals surface area contributed by atoms with Gasteiger partial charge in [0.25, 0.3) is 15.7 Å². The number of amides is 3. The highest BCUT2D eigenvalue weighted by atomic mass is 32.2. The molecule has 35 heavy (non-hydrogen) atoms. The molecule has 0 aliphatic carbocycles. The van der Waals surface area contributed by atoms with E-state index in [1.165, 1.54) is 4.90 Å². The molecule has 3 aromatic rings. The summed E-state index contributed by atoms with van der Waals surface area (Å²) in [5.41, 5.74) is -4.48. The maximum atomic E-state index is 13.3. The number of carbonyl (C=O) groups excluding carboxylic acids is 2. The number of pyridine rings is 1. The van der Waals surface area contributed by atoms with Crippen molar-refractivity contribution < 1.29 is 31.2 Å². The van der Waals surface area contributed by atoms with Crippen LogP contribution in [0.25, 0.3) is 10.9 Å². The first-order chi connectivity index (χ1) is 16.3. The average molecular weight is 507 g/mol. The number of rotatable bonds is 5. The van der Waals surface area contributed by atoms with Crippen molar-refractivity contribution in [1.82, 2.24) is 9.88 Å². The van der Waals surface area contributed by atoms with E-state index in [-0.39, 0.29) is 12.2 Å². The van der Waals surface area contributed by atoms with Crippen molar-refractivity contribution in [1.29, 1.82) is 0 Å². The van der Waals surface area contributed by atoms with E-state index in [1.54, 1.807) is 33.2 Å². The molecular weight excluding hydrogens is 485 g/mol. The third kappa shape index (κ3) is 3.97. The molecule has 0 unspecified atom stereocenters. The zero-order valence-corrected chi connectivity index (χ0v) is 19.7. The van der Waals surface area contributed by atoms with E-state index in [9.17, 15) is 31.2 Å². The molecule has 0 spiro atoms. The number of fused-ring (bicyclic) bond motifs is 1. The Bertz CT molecular complexity index is 1440. The molecule has 1 aliphatic heterocycles. The van der Waals surface area contributed by atoms with Gasteiger partial charge in [0, 0.05) is 30.9 Å². The van der Waals surface area contributed by atoms with Crippen LogP contribution < -0.4 is 10.2 Å².